The second-order valence-electron chi connectivity index (χ2n) is 6.25. The number of amides is 2. The minimum absolute atomic E-state index is 0.0502. The molecule has 0 aliphatic carbocycles. The van der Waals surface area contributed by atoms with Crippen LogP contribution in [0, 0.1) is 0 Å². The van der Waals surface area contributed by atoms with E-state index in [4.69, 9.17) is 0 Å². The molecule has 0 bridgehead atoms. The molecule has 0 saturated carbocycles. The molecule has 0 aliphatic rings. The average Bonchev–Trinajstić information content (AvgIpc) is 2.69. The number of halogens is 1. The van der Waals surface area contributed by atoms with E-state index in [2.05, 4.69) is 57.4 Å². The zero-order valence-corrected chi connectivity index (χ0v) is 17.4. The summed E-state index contributed by atoms with van der Waals surface area (Å²) in [6.45, 7) is 7.69. The number of carbonyl (C=O) groups is 2. The Balaban J connectivity index is 1.76. The lowest BCUT2D eigenvalue weighted by molar-refractivity contribution is -0.120. The Morgan fingerprint density at radius 2 is 1.63 bits per heavy atom. The molecule has 2 N–H and O–H groups in total. The third-order valence-electron chi connectivity index (χ3n) is 4.31. The van der Waals surface area contributed by atoms with Crippen LogP contribution in [0.3, 0.4) is 0 Å². The molecule has 0 radical (unpaired) electrons. The topological polar surface area (TPSA) is 61.4 Å². The molecule has 5 nitrogen and oxygen atoms in total. The van der Waals surface area contributed by atoms with Crippen molar-refractivity contribution in [2.75, 3.05) is 19.6 Å². The molecule has 0 atom stereocenters. The molecule has 27 heavy (non-hydrogen) atoms. The van der Waals surface area contributed by atoms with Gasteiger partial charge in [-0.2, -0.15) is 0 Å². The van der Waals surface area contributed by atoms with E-state index >= 15 is 0 Å². The number of nitrogens with zero attached hydrogens (tertiary/aromatic N) is 1. The van der Waals surface area contributed by atoms with Gasteiger partial charge in [-0.05, 0) is 42.4 Å². The molecule has 2 amide bonds. The van der Waals surface area contributed by atoms with Gasteiger partial charge in [0.25, 0.3) is 5.91 Å². The van der Waals surface area contributed by atoms with Crippen LogP contribution in [0.25, 0.3) is 0 Å². The zero-order chi connectivity index (χ0) is 19.6. The van der Waals surface area contributed by atoms with Gasteiger partial charge in [-0.3, -0.25) is 14.5 Å². The van der Waals surface area contributed by atoms with Crippen LogP contribution in [0.4, 0.5) is 0 Å². The monoisotopic (exact) mass is 431 g/mol. The summed E-state index contributed by atoms with van der Waals surface area (Å²) in [5, 5.41) is 5.45. The predicted octanol–water partition coefficient (Wildman–Crippen LogP) is 3.34. The highest BCUT2D eigenvalue weighted by Gasteiger charge is 2.08. The first-order valence-corrected chi connectivity index (χ1v) is 9.91. The summed E-state index contributed by atoms with van der Waals surface area (Å²) in [5.41, 5.74) is 2.81. The molecule has 0 spiro atoms. The van der Waals surface area contributed by atoms with Crippen molar-refractivity contribution in [3.63, 3.8) is 0 Å². The van der Waals surface area contributed by atoms with Crippen LogP contribution in [0.1, 0.15) is 35.3 Å². The van der Waals surface area contributed by atoms with E-state index in [-0.39, 0.29) is 18.4 Å². The number of benzene rings is 2. The Labute approximate surface area is 169 Å². The lowest BCUT2D eigenvalue weighted by atomic mass is 10.1. The lowest BCUT2D eigenvalue weighted by Gasteiger charge is -2.18. The predicted molar refractivity (Wildman–Crippen MR) is 111 cm³/mol. The summed E-state index contributed by atoms with van der Waals surface area (Å²) < 4.78 is 0.823. The Bertz CT molecular complexity index is 758. The van der Waals surface area contributed by atoms with Crippen molar-refractivity contribution in [2.24, 2.45) is 0 Å². The van der Waals surface area contributed by atoms with Crippen molar-refractivity contribution in [1.82, 2.24) is 15.5 Å². The van der Waals surface area contributed by atoms with E-state index in [0.29, 0.717) is 12.1 Å². The fourth-order valence-corrected chi connectivity index (χ4v) is 3.02. The number of hydrogen-bond acceptors (Lipinski definition) is 3. The molecule has 2 rings (SSSR count). The quantitative estimate of drug-likeness (QED) is 0.639. The van der Waals surface area contributed by atoms with Crippen LogP contribution in [0.2, 0.25) is 0 Å². The Hall–Kier alpha value is -2.18. The lowest BCUT2D eigenvalue weighted by Crippen LogP contribution is -2.36. The van der Waals surface area contributed by atoms with E-state index in [1.165, 1.54) is 5.56 Å². The molecule has 144 valence electrons. The standard InChI is InChI=1S/C21H26BrN3O2/c1-3-25(4-2)15-17-10-8-16(9-11-17)13-23-20(26)14-24-21(27)18-6-5-7-19(22)12-18/h5-12H,3-4,13-15H2,1-2H3,(H,23,26)(H,24,27). The van der Waals surface area contributed by atoms with Crippen molar-refractivity contribution in [2.45, 2.75) is 26.9 Å². The Morgan fingerprint density at radius 3 is 2.26 bits per heavy atom. The first kappa shape index (κ1) is 21.1. The van der Waals surface area contributed by atoms with Crippen LogP contribution in [0.15, 0.2) is 53.0 Å². The number of carbonyl (C=O) groups excluding carboxylic acids is 2. The zero-order valence-electron chi connectivity index (χ0n) is 15.8. The van der Waals surface area contributed by atoms with Gasteiger partial charge in [-0.1, -0.05) is 60.1 Å². The van der Waals surface area contributed by atoms with Gasteiger partial charge in [-0.15, -0.1) is 0 Å². The maximum atomic E-state index is 12.0. The normalized spacial score (nSPS) is 10.7. The summed E-state index contributed by atoms with van der Waals surface area (Å²) in [5.74, 6) is -0.488. The first-order valence-electron chi connectivity index (χ1n) is 9.12. The molecular formula is C21H26BrN3O2. The smallest absolute Gasteiger partial charge is 0.251 e. The van der Waals surface area contributed by atoms with Crippen molar-refractivity contribution in [1.29, 1.82) is 0 Å². The Kier molecular flexibility index (Phi) is 8.48. The third kappa shape index (κ3) is 7.15. The van der Waals surface area contributed by atoms with Gasteiger partial charge in [0.1, 0.15) is 0 Å². The summed E-state index contributed by atoms with van der Waals surface area (Å²) >= 11 is 3.33. The highest BCUT2D eigenvalue weighted by Crippen LogP contribution is 2.11. The van der Waals surface area contributed by atoms with Gasteiger partial charge in [0.05, 0.1) is 6.54 Å². The van der Waals surface area contributed by atoms with E-state index in [9.17, 15) is 9.59 Å². The fraction of sp³-hybridized carbons (Fsp3) is 0.333. The molecule has 0 aromatic heterocycles. The van der Waals surface area contributed by atoms with Crippen LogP contribution < -0.4 is 10.6 Å². The van der Waals surface area contributed by atoms with Gasteiger partial charge in [0.15, 0.2) is 0 Å². The van der Waals surface area contributed by atoms with Crippen LogP contribution in [-0.4, -0.2) is 36.3 Å². The molecule has 0 fully saturated rings. The Morgan fingerprint density at radius 1 is 0.963 bits per heavy atom. The molecule has 0 aliphatic heterocycles. The number of rotatable bonds is 9. The minimum Gasteiger partial charge on any atom is -0.350 e. The molecular weight excluding hydrogens is 406 g/mol. The van der Waals surface area contributed by atoms with E-state index < -0.39 is 0 Å². The minimum atomic E-state index is -0.271. The first-order chi connectivity index (χ1) is 13.0. The second kappa shape index (κ2) is 10.8. The maximum Gasteiger partial charge on any atom is 0.251 e. The van der Waals surface area contributed by atoms with Gasteiger partial charge in [0.2, 0.25) is 5.91 Å². The summed E-state index contributed by atoms with van der Waals surface area (Å²) in [6.07, 6.45) is 0. The van der Waals surface area contributed by atoms with Gasteiger partial charge < -0.3 is 10.6 Å². The molecule has 0 saturated heterocycles. The highest BCUT2D eigenvalue weighted by molar-refractivity contribution is 9.10. The average molecular weight is 432 g/mol. The van der Waals surface area contributed by atoms with E-state index in [0.717, 1.165) is 29.7 Å². The summed E-state index contributed by atoms with van der Waals surface area (Å²) in [7, 11) is 0. The summed E-state index contributed by atoms with van der Waals surface area (Å²) in [4.78, 5) is 26.4. The molecule has 2 aromatic rings. The highest BCUT2D eigenvalue weighted by atomic mass is 79.9. The van der Waals surface area contributed by atoms with Crippen LogP contribution in [-0.2, 0) is 17.9 Å². The van der Waals surface area contributed by atoms with E-state index in [1.807, 2.05) is 18.2 Å². The number of nitrogens with one attached hydrogen (secondary N) is 2. The van der Waals surface area contributed by atoms with E-state index in [1.54, 1.807) is 18.2 Å². The molecule has 0 heterocycles. The molecule has 2 aromatic carbocycles. The molecule has 0 unspecified atom stereocenters. The van der Waals surface area contributed by atoms with Crippen molar-refractivity contribution >= 4 is 27.7 Å². The summed E-state index contributed by atoms with van der Waals surface area (Å²) in [6, 6.07) is 15.3. The van der Waals surface area contributed by atoms with Gasteiger partial charge in [-0.25, -0.2) is 0 Å². The largest absolute Gasteiger partial charge is 0.350 e. The van der Waals surface area contributed by atoms with Crippen molar-refractivity contribution in [3.05, 3.63) is 69.7 Å². The second-order valence-corrected chi connectivity index (χ2v) is 7.16. The van der Waals surface area contributed by atoms with Gasteiger partial charge in [0, 0.05) is 23.1 Å². The van der Waals surface area contributed by atoms with Crippen LogP contribution in [0.5, 0.6) is 0 Å². The third-order valence-corrected chi connectivity index (χ3v) is 4.80. The van der Waals surface area contributed by atoms with Crippen molar-refractivity contribution < 1.29 is 9.59 Å². The maximum absolute atomic E-state index is 12.0. The molecule has 6 heteroatoms. The van der Waals surface area contributed by atoms with Gasteiger partial charge >= 0.3 is 0 Å². The SMILES string of the molecule is CCN(CC)Cc1ccc(CNC(=O)CNC(=O)c2cccc(Br)c2)cc1. The number of hydrogen-bond donors (Lipinski definition) is 2. The van der Waals surface area contributed by atoms with Crippen molar-refractivity contribution in [3.8, 4) is 0 Å². The fourth-order valence-electron chi connectivity index (χ4n) is 2.62. The van der Waals surface area contributed by atoms with Crippen LogP contribution >= 0.6 is 15.9 Å².